The Hall–Kier alpha value is -2.04. The van der Waals surface area contributed by atoms with E-state index < -0.39 is 0 Å². The van der Waals surface area contributed by atoms with Crippen LogP contribution in [0.25, 0.3) is 0 Å². The second kappa shape index (κ2) is 8.56. The molecule has 0 spiro atoms. The average molecular weight is 392 g/mol. The number of benzene rings is 2. The molecule has 1 amide bonds. The molecule has 1 aliphatic heterocycles. The molecule has 3 rings (SSSR count). The molecule has 0 aromatic heterocycles. The molecule has 6 heteroatoms. The number of carbonyl (C=O) groups excluding carboxylic acids is 2. The largest absolute Gasteiger partial charge is 0.493 e. The van der Waals surface area contributed by atoms with Gasteiger partial charge in [-0.1, -0.05) is 47.5 Å². The highest BCUT2D eigenvalue weighted by atomic mass is 35.5. The number of hydrogen-bond donors (Lipinski definition) is 1. The second-order valence-corrected chi connectivity index (χ2v) is 7.09. The van der Waals surface area contributed by atoms with Crippen molar-refractivity contribution in [1.82, 2.24) is 5.32 Å². The third-order valence-corrected chi connectivity index (χ3v) is 5.26. The van der Waals surface area contributed by atoms with Crippen LogP contribution >= 0.6 is 23.2 Å². The summed E-state index contributed by atoms with van der Waals surface area (Å²) in [6.07, 6.45) is 1.99. The summed E-state index contributed by atoms with van der Waals surface area (Å²) in [7, 11) is 0. The van der Waals surface area contributed by atoms with Crippen molar-refractivity contribution in [2.75, 3.05) is 6.61 Å². The van der Waals surface area contributed by atoms with E-state index >= 15 is 0 Å². The molecule has 1 N–H and O–H groups in total. The molecule has 1 aliphatic rings. The van der Waals surface area contributed by atoms with E-state index in [4.69, 9.17) is 27.9 Å². The molecule has 4 nitrogen and oxygen atoms in total. The molecule has 0 fully saturated rings. The lowest BCUT2D eigenvalue weighted by atomic mass is 9.92. The molecular formula is C20H19Cl2NO3. The smallest absolute Gasteiger partial charge is 0.221 e. The number of fused-ring (bicyclic) bond motifs is 1. The van der Waals surface area contributed by atoms with Crippen LogP contribution in [-0.4, -0.2) is 18.8 Å². The zero-order valence-electron chi connectivity index (χ0n) is 14.1. The Morgan fingerprint density at radius 2 is 2.04 bits per heavy atom. The first-order chi connectivity index (χ1) is 12.6. The number of amides is 1. The first-order valence-electron chi connectivity index (χ1n) is 8.48. The standard InChI is InChI=1S/C20H19Cl2NO3/c21-16-6-5-13(11-17(16)22)14(7-9-24)12-20(25)23-18-8-10-26-19-4-2-1-3-15(18)19/h1-6,9,11,14,18H,7-8,10,12H2,(H,23,25). The van der Waals surface area contributed by atoms with Crippen LogP contribution in [0, 0.1) is 0 Å². The summed E-state index contributed by atoms with van der Waals surface area (Å²) in [5, 5.41) is 3.93. The van der Waals surface area contributed by atoms with Crippen LogP contribution in [0.15, 0.2) is 42.5 Å². The van der Waals surface area contributed by atoms with Crippen molar-refractivity contribution < 1.29 is 14.3 Å². The number of para-hydroxylation sites is 1. The van der Waals surface area contributed by atoms with E-state index in [1.165, 1.54) is 0 Å². The predicted octanol–water partition coefficient (Wildman–Crippen LogP) is 4.70. The third-order valence-electron chi connectivity index (χ3n) is 4.52. The Bertz CT molecular complexity index is 809. The van der Waals surface area contributed by atoms with Gasteiger partial charge in [-0.15, -0.1) is 0 Å². The summed E-state index contributed by atoms with van der Waals surface area (Å²) in [4.78, 5) is 23.7. The fraction of sp³-hybridized carbons (Fsp3) is 0.300. The van der Waals surface area contributed by atoms with Crippen molar-refractivity contribution in [3.8, 4) is 5.75 Å². The highest BCUT2D eigenvalue weighted by Gasteiger charge is 2.24. The number of halogens is 2. The van der Waals surface area contributed by atoms with Gasteiger partial charge in [-0.25, -0.2) is 0 Å². The molecule has 2 aromatic rings. The fourth-order valence-electron chi connectivity index (χ4n) is 3.19. The molecule has 1 heterocycles. The number of nitrogens with one attached hydrogen (secondary N) is 1. The third kappa shape index (κ3) is 4.37. The van der Waals surface area contributed by atoms with Gasteiger partial charge in [-0.3, -0.25) is 4.79 Å². The van der Waals surface area contributed by atoms with Crippen molar-refractivity contribution in [2.45, 2.75) is 31.2 Å². The average Bonchev–Trinajstić information content (AvgIpc) is 2.64. The van der Waals surface area contributed by atoms with Crippen molar-refractivity contribution in [1.29, 1.82) is 0 Å². The van der Waals surface area contributed by atoms with E-state index in [0.717, 1.165) is 23.2 Å². The van der Waals surface area contributed by atoms with E-state index in [1.54, 1.807) is 18.2 Å². The van der Waals surface area contributed by atoms with Gasteiger partial charge >= 0.3 is 0 Å². The lowest BCUT2D eigenvalue weighted by molar-refractivity contribution is -0.122. The number of ether oxygens (including phenoxy) is 1. The normalized spacial score (nSPS) is 16.9. The molecule has 0 aliphatic carbocycles. The van der Waals surface area contributed by atoms with Gasteiger partial charge in [0.2, 0.25) is 5.91 Å². The van der Waals surface area contributed by atoms with Crippen molar-refractivity contribution >= 4 is 35.4 Å². The number of hydrogen-bond acceptors (Lipinski definition) is 3. The lowest BCUT2D eigenvalue weighted by Gasteiger charge is -2.27. The van der Waals surface area contributed by atoms with Crippen LogP contribution in [0.5, 0.6) is 5.75 Å². The van der Waals surface area contributed by atoms with Gasteiger partial charge < -0.3 is 14.8 Å². The molecule has 136 valence electrons. The zero-order valence-corrected chi connectivity index (χ0v) is 15.6. The van der Waals surface area contributed by atoms with Crippen LogP contribution in [0.2, 0.25) is 10.0 Å². The monoisotopic (exact) mass is 391 g/mol. The predicted molar refractivity (Wildman–Crippen MR) is 102 cm³/mol. The molecule has 2 atom stereocenters. The number of carbonyl (C=O) groups is 2. The van der Waals surface area contributed by atoms with Crippen LogP contribution in [0.1, 0.15) is 42.3 Å². The Kier molecular flexibility index (Phi) is 6.17. The maximum absolute atomic E-state index is 12.6. The van der Waals surface area contributed by atoms with Crippen LogP contribution < -0.4 is 10.1 Å². The zero-order chi connectivity index (χ0) is 18.5. The first kappa shape index (κ1) is 18.7. The second-order valence-electron chi connectivity index (χ2n) is 6.27. The van der Waals surface area contributed by atoms with Gasteiger partial charge in [0.05, 0.1) is 22.7 Å². The van der Waals surface area contributed by atoms with Crippen molar-refractivity contribution in [3.63, 3.8) is 0 Å². The van der Waals surface area contributed by atoms with Crippen LogP contribution in [0.3, 0.4) is 0 Å². The first-order valence-corrected chi connectivity index (χ1v) is 9.23. The molecule has 0 saturated carbocycles. The molecule has 2 unspecified atom stereocenters. The van der Waals surface area contributed by atoms with Crippen LogP contribution in [0.4, 0.5) is 0 Å². The topological polar surface area (TPSA) is 55.4 Å². The SMILES string of the molecule is O=CCC(CC(=O)NC1CCOc2ccccc21)c1ccc(Cl)c(Cl)c1. The minimum Gasteiger partial charge on any atom is -0.493 e. The van der Waals surface area contributed by atoms with E-state index in [9.17, 15) is 9.59 Å². The number of aldehydes is 1. The molecule has 2 aromatic carbocycles. The summed E-state index contributed by atoms with van der Waals surface area (Å²) < 4.78 is 5.62. The fourth-order valence-corrected chi connectivity index (χ4v) is 3.50. The van der Waals surface area contributed by atoms with Crippen LogP contribution in [-0.2, 0) is 9.59 Å². The van der Waals surface area contributed by atoms with E-state index in [2.05, 4.69) is 5.32 Å². The Labute approximate surface area is 162 Å². The Balaban J connectivity index is 1.71. The van der Waals surface area contributed by atoms with Crippen molar-refractivity contribution in [3.05, 3.63) is 63.6 Å². The quantitative estimate of drug-likeness (QED) is 0.726. The maximum Gasteiger partial charge on any atom is 0.221 e. The highest BCUT2D eigenvalue weighted by molar-refractivity contribution is 6.42. The summed E-state index contributed by atoms with van der Waals surface area (Å²) >= 11 is 12.0. The van der Waals surface area contributed by atoms with Crippen molar-refractivity contribution in [2.24, 2.45) is 0 Å². The molecular weight excluding hydrogens is 373 g/mol. The highest BCUT2D eigenvalue weighted by Crippen LogP contribution is 2.33. The van der Waals surface area contributed by atoms with Gasteiger partial charge in [0, 0.05) is 24.8 Å². The minimum absolute atomic E-state index is 0.0851. The summed E-state index contributed by atoms with van der Waals surface area (Å²) in [6.45, 7) is 0.562. The molecule has 26 heavy (non-hydrogen) atoms. The van der Waals surface area contributed by atoms with Gasteiger partial charge in [-0.05, 0) is 29.7 Å². The molecule has 0 saturated heterocycles. The van der Waals surface area contributed by atoms with E-state index in [1.807, 2.05) is 24.3 Å². The Morgan fingerprint density at radius 3 is 2.81 bits per heavy atom. The molecule has 0 bridgehead atoms. The minimum atomic E-state index is -0.239. The van der Waals surface area contributed by atoms with Gasteiger partial charge in [0.15, 0.2) is 0 Å². The van der Waals surface area contributed by atoms with Gasteiger partial charge in [0.25, 0.3) is 0 Å². The number of rotatable bonds is 6. The van der Waals surface area contributed by atoms with E-state index in [-0.39, 0.29) is 30.7 Å². The summed E-state index contributed by atoms with van der Waals surface area (Å²) in [5.41, 5.74) is 1.81. The lowest BCUT2D eigenvalue weighted by Crippen LogP contribution is -2.33. The summed E-state index contributed by atoms with van der Waals surface area (Å²) in [6, 6.07) is 12.8. The summed E-state index contributed by atoms with van der Waals surface area (Å²) in [5.74, 6) is 0.458. The maximum atomic E-state index is 12.6. The Morgan fingerprint density at radius 1 is 1.23 bits per heavy atom. The molecule has 0 radical (unpaired) electrons. The van der Waals surface area contributed by atoms with Gasteiger partial charge in [0.1, 0.15) is 12.0 Å². The van der Waals surface area contributed by atoms with E-state index in [0.29, 0.717) is 23.1 Å². The van der Waals surface area contributed by atoms with Gasteiger partial charge in [-0.2, -0.15) is 0 Å².